The fraction of sp³-hybridized carbons (Fsp3) is 0.464. The first-order valence-electron chi connectivity index (χ1n) is 12.9. The van der Waals surface area contributed by atoms with Crippen LogP contribution in [0.4, 0.5) is 11.4 Å². The Morgan fingerprint density at radius 1 is 1.16 bits per heavy atom. The van der Waals surface area contributed by atoms with E-state index in [0.29, 0.717) is 41.6 Å². The maximum Gasteiger partial charge on any atom is 0.250 e. The number of likely N-dealkylation sites (tertiary alicyclic amines) is 1. The van der Waals surface area contributed by atoms with E-state index in [1.54, 1.807) is 55.5 Å². The highest BCUT2D eigenvalue weighted by molar-refractivity contribution is 6.33. The van der Waals surface area contributed by atoms with E-state index >= 15 is 0 Å². The summed E-state index contributed by atoms with van der Waals surface area (Å²) in [4.78, 5) is 42.8. The predicted molar refractivity (Wildman–Crippen MR) is 142 cm³/mol. The molecule has 3 aliphatic rings. The molecule has 202 valence electrons. The summed E-state index contributed by atoms with van der Waals surface area (Å²) in [5, 5.41) is 16.1. The van der Waals surface area contributed by atoms with Crippen LogP contribution < -0.4 is 15.4 Å². The number of rotatable bonds is 8. The van der Waals surface area contributed by atoms with Gasteiger partial charge >= 0.3 is 0 Å². The highest BCUT2D eigenvalue weighted by Crippen LogP contribution is 2.63. The third-order valence-corrected chi connectivity index (χ3v) is 8.38. The van der Waals surface area contributed by atoms with Gasteiger partial charge in [0.05, 0.1) is 47.4 Å². The molecule has 2 aromatic carbocycles. The second-order valence-electron chi connectivity index (χ2n) is 10.4. The molecule has 2 unspecified atom stereocenters. The van der Waals surface area contributed by atoms with Gasteiger partial charge in [-0.15, -0.1) is 0 Å². The summed E-state index contributed by atoms with van der Waals surface area (Å²) < 4.78 is 12.0. The molecule has 3 heterocycles. The molecule has 0 radical (unpaired) electrons. The number of nitrogens with one attached hydrogen (secondary N) is 2. The summed E-state index contributed by atoms with van der Waals surface area (Å²) >= 11 is 6.28. The van der Waals surface area contributed by atoms with Crippen molar-refractivity contribution in [3.8, 4) is 5.75 Å². The van der Waals surface area contributed by atoms with Gasteiger partial charge in [0, 0.05) is 5.69 Å². The number of para-hydroxylation sites is 1. The largest absolute Gasteiger partial charge is 0.494 e. The number of carbonyl (C=O) groups is 3. The zero-order valence-corrected chi connectivity index (χ0v) is 22.3. The molecule has 5 rings (SSSR count). The molecule has 6 atom stereocenters. The van der Waals surface area contributed by atoms with Crippen LogP contribution in [0.3, 0.4) is 0 Å². The minimum Gasteiger partial charge on any atom is -0.494 e. The van der Waals surface area contributed by atoms with Crippen LogP contribution in [0, 0.1) is 11.8 Å². The van der Waals surface area contributed by atoms with Gasteiger partial charge < -0.3 is 30.1 Å². The molecule has 3 fully saturated rings. The number of fused-ring (bicyclic) bond motifs is 1. The third-order valence-electron chi connectivity index (χ3n) is 8.05. The van der Waals surface area contributed by atoms with E-state index in [-0.39, 0.29) is 18.4 Å². The molecule has 3 saturated heterocycles. The number of aliphatic hydroxyl groups excluding tert-OH is 1. The molecule has 0 aromatic heterocycles. The van der Waals surface area contributed by atoms with E-state index in [9.17, 15) is 19.5 Å². The first-order valence-corrected chi connectivity index (χ1v) is 13.3. The van der Waals surface area contributed by atoms with Crippen LogP contribution in [0.15, 0.2) is 48.5 Å². The van der Waals surface area contributed by atoms with Crippen molar-refractivity contribution in [3.63, 3.8) is 0 Å². The van der Waals surface area contributed by atoms with Gasteiger partial charge in [-0.2, -0.15) is 0 Å². The van der Waals surface area contributed by atoms with E-state index in [0.717, 1.165) is 0 Å². The van der Waals surface area contributed by atoms with Gasteiger partial charge in [-0.1, -0.05) is 23.7 Å². The van der Waals surface area contributed by atoms with Crippen molar-refractivity contribution >= 4 is 40.7 Å². The molecule has 38 heavy (non-hydrogen) atoms. The van der Waals surface area contributed by atoms with E-state index in [4.69, 9.17) is 21.1 Å². The Bertz CT molecular complexity index is 1260. The Morgan fingerprint density at radius 2 is 1.87 bits per heavy atom. The van der Waals surface area contributed by atoms with Crippen molar-refractivity contribution in [2.75, 3.05) is 23.8 Å². The Hall–Kier alpha value is -3.14. The number of halogens is 1. The van der Waals surface area contributed by atoms with Crippen LogP contribution in [-0.2, 0) is 19.1 Å². The van der Waals surface area contributed by atoms with Crippen molar-refractivity contribution in [2.45, 2.75) is 56.9 Å². The molecule has 0 saturated carbocycles. The maximum atomic E-state index is 14.0. The van der Waals surface area contributed by atoms with Crippen molar-refractivity contribution in [2.24, 2.45) is 11.8 Å². The molecule has 3 aliphatic heterocycles. The van der Waals surface area contributed by atoms with E-state index < -0.39 is 41.0 Å². The zero-order valence-electron chi connectivity index (χ0n) is 21.6. The summed E-state index contributed by atoms with van der Waals surface area (Å²) in [6.07, 6.45) is 0.942. The minimum atomic E-state index is -1.21. The van der Waals surface area contributed by atoms with Crippen molar-refractivity contribution in [1.82, 2.24) is 4.90 Å². The average molecular weight is 542 g/mol. The second kappa shape index (κ2) is 9.87. The summed E-state index contributed by atoms with van der Waals surface area (Å²) in [7, 11) is 0. The van der Waals surface area contributed by atoms with Gasteiger partial charge in [-0.05, 0) is 70.0 Å². The topological polar surface area (TPSA) is 117 Å². The van der Waals surface area contributed by atoms with Crippen molar-refractivity contribution in [1.29, 1.82) is 0 Å². The van der Waals surface area contributed by atoms with Crippen molar-refractivity contribution in [3.05, 3.63) is 53.6 Å². The number of aliphatic hydroxyl groups is 1. The van der Waals surface area contributed by atoms with E-state index in [2.05, 4.69) is 10.6 Å². The first kappa shape index (κ1) is 26.5. The molecular weight excluding hydrogens is 510 g/mol. The lowest BCUT2D eigenvalue weighted by Gasteiger charge is -2.35. The molecular formula is C28H32ClN3O6. The summed E-state index contributed by atoms with van der Waals surface area (Å²) in [5.74, 6) is -2.19. The predicted octanol–water partition coefficient (Wildman–Crippen LogP) is 3.46. The highest BCUT2D eigenvalue weighted by atomic mass is 35.5. The van der Waals surface area contributed by atoms with Crippen LogP contribution in [0.2, 0.25) is 5.02 Å². The summed E-state index contributed by atoms with van der Waals surface area (Å²) in [5.41, 5.74) is -1.15. The van der Waals surface area contributed by atoms with Crippen LogP contribution in [0.5, 0.6) is 5.75 Å². The number of benzene rings is 2. The van der Waals surface area contributed by atoms with E-state index in [1.807, 2.05) is 13.8 Å². The number of hydrogen-bond donors (Lipinski definition) is 3. The number of ether oxygens (including phenoxy) is 2. The van der Waals surface area contributed by atoms with Crippen LogP contribution >= 0.6 is 11.6 Å². The summed E-state index contributed by atoms with van der Waals surface area (Å²) in [6.45, 7) is 5.59. The maximum absolute atomic E-state index is 14.0. The quantitative estimate of drug-likeness (QED) is 0.471. The lowest BCUT2D eigenvalue weighted by atomic mass is 9.66. The number of amides is 3. The normalized spacial score (nSPS) is 30.2. The van der Waals surface area contributed by atoms with Gasteiger partial charge in [0.2, 0.25) is 17.7 Å². The summed E-state index contributed by atoms with van der Waals surface area (Å²) in [6, 6.07) is 12.1. The third kappa shape index (κ3) is 4.13. The molecule has 9 nitrogen and oxygen atoms in total. The van der Waals surface area contributed by atoms with Gasteiger partial charge in [0.1, 0.15) is 17.4 Å². The number of anilines is 2. The monoisotopic (exact) mass is 541 g/mol. The van der Waals surface area contributed by atoms with Crippen LogP contribution in [0.25, 0.3) is 0 Å². The number of carbonyl (C=O) groups excluding carboxylic acids is 3. The molecule has 1 spiro atoms. The van der Waals surface area contributed by atoms with Crippen LogP contribution in [-0.4, -0.2) is 64.2 Å². The Morgan fingerprint density at radius 3 is 2.53 bits per heavy atom. The zero-order chi connectivity index (χ0) is 27.2. The fourth-order valence-electron chi connectivity index (χ4n) is 6.41. The van der Waals surface area contributed by atoms with Gasteiger partial charge in [0.25, 0.3) is 0 Å². The molecule has 2 bridgehead atoms. The number of hydrogen-bond acceptors (Lipinski definition) is 6. The first-order chi connectivity index (χ1) is 18.1. The molecule has 0 aliphatic carbocycles. The highest BCUT2D eigenvalue weighted by Gasteiger charge is 2.78. The van der Waals surface area contributed by atoms with Gasteiger partial charge in [-0.25, -0.2) is 0 Å². The standard InChI is InChI=1S/C28H32ClN3O6/c1-4-37-18-11-9-17(10-12-18)30-24(34)21-22-26(36)32(16(2)15-33)23(28(22)14-13-27(21,3)38-28)25(35)31-20-8-6-5-7-19(20)29/h5-12,16,21-23,33H,4,13-15H2,1-3H3,(H,30,34)(H,31,35)/t16-,21-,22+,23?,27+,28?/m1/s1. The average Bonchev–Trinajstić information content (AvgIpc) is 3.47. The van der Waals surface area contributed by atoms with E-state index in [1.165, 1.54) is 4.90 Å². The number of nitrogens with zero attached hydrogens (tertiary/aromatic N) is 1. The van der Waals surface area contributed by atoms with Crippen LogP contribution in [0.1, 0.15) is 33.6 Å². The van der Waals surface area contributed by atoms with Gasteiger partial charge in [-0.3, -0.25) is 14.4 Å². The minimum absolute atomic E-state index is 0.343. The fourth-order valence-corrected chi connectivity index (χ4v) is 6.59. The Kier molecular flexibility index (Phi) is 6.87. The Labute approximate surface area is 226 Å². The van der Waals surface area contributed by atoms with Crippen molar-refractivity contribution < 1.29 is 29.0 Å². The lowest BCUT2D eigenvalue weighted by molar-refractivity contribution is -0.146. The lowest BCUT2D eigenvalue weighted by Crippen LogP contribution is -2.55. The molecule has 2 aromatic rings. The van der Waals surface area contributed by atoms with Gasteiger partial charge in [0.15, 0.2) is 0 Å². The molecule has 3 N–H and O–H groups in total. The Balaban J connectivity index is 1.48. The second-order valence-corrected chi connectivity index (χ2v) is 10.8. The molecule has 10 heteroatoms. The molecule has 3 amide bonds. The smallest absolute Gasteiger partial charge is 0.250 e. The SMILES string of the molecule is CCOc1ccc(NC(=O)[C@H]2[C@H]3C(=O)N([C@H](C)CO)C(C(=O)Nc4ccccc4Cl)C34CC[C@]2(C)O4)cc1.